The molecule has 1 heterocycles. The first kappa shape index (κ1) is 15.8. The molecular weight excluding hydrogens is 364 g/mol. The second-order valence-corrected chi connectivity index (χ2v) is 5.76. The number of carbonyl (C=O) groups excluding carboxylic acids is 3. The monoisotopic (exact) mass is 374 g/mol. The zero-order chi connectivity index (χ0) is 15.4. The third kappa shape index (κ3) is 4.44. The molecule has 0 aromatic heterocycles. The van der Waals surface area contributed by atoms with E-state index in [1.54, 1.807) is 18.2 Å². The van der Waals surface area contributed by atoms with Crippen LogP contribution in [0.3, 0.4) is 0 Å². The van der Waals surface area contributed by atoms with E-state index < -0.39 is 17.9 Å². The number of piperidine rings is 1. The average Bonchev–Trinajstić information content (AvgIpc) is 2.41. The first-order valence-electron chi connectivity index (χ1n) is 6.16. The van der Waals surface area contributed by atoms with E-state index in [4.69, 9.17) is 16.3 Å². The number of imide groups is 1. The topological polar surface area (TPSA) is 84.5 Å². The molecule has 0 aliphatic carbocycles. The van der Waals surface area contributed by atoms with Crippen molar-refractivity contribution in [1.29, 1.82) is 0 Å². The molecule has 8 heteroatoms. The lowest BCUT2D eigenvalue weighted by molar-refractivity contribution is -0.137. The quantitative estimate of drug-likeness (QED) is 0.779. The van der Waals surface area contributed by atoms with Crippen LogP contribution in [0.2, 0.25) is 5.02 Å². The molecule has 1 fully saturated rings. The van der Waals surface area contributed by atoms with Crippen molar-refractivity contribution in [3.8, 4) is 5.75 Å². The largest absolute Gasteiger partial charge is 0.482 e. The number of carbonyl (C=O) groups is 3. The van der Waals surface area contributed by atoms with Crippen LogP contribution >= 0.6 is 27.5 Å². The number of ether oxygens (including phenoxy) is 1. The van der Waals surface area contributed by atoms with Gasteiger partial charge in [-0.25, -0.2) is 0 Å². The highest BCUT2D eigenvalue weighted by Gasteiger charge is 2.27. The molecule has 3 amide bonds. The highest BCUT2D eigenvalue weighted by atomic mass is 79.9. The fraction of sp³-hybridized carbons (Fsp3) is 0.308. The summed E-state index contributed by atoms with van der Waals surface area (Å²) in [5.74, 6) is -0.911. The van der Waals surface area contributed by atoms with Crippen LogP contribution in [0.25, 0.3) is 0 Å². The lowest BCUT2D eigenvalue weighted by atomic mass is 10.1. The van der Waals surface area contributed by atoms with E-state index in [1.165, 1.54) is 0 Å². The molecule has 112 valence electrons. The van der Waals surface area contributed by atoms with Gasteiger partial charge in [0, 0.05) is 10.9 Å². The van der Waals surface area contributed by atoms with Gasteiger partial charge in [0.1, 0.15) is 11.8 Å². The van der Waals surface area contributed by atoms with Crippen LogP contribution in [0.4, 0.5) is 0 Å². The van der Waals surface area contributed by atoms with Crippen molar-refractivity contribution in [2.24, 2.45) is 0 Å². The molecular formula is C13H12BrClN2O4. The van der Waals surface area contributed by atoms with Gasteiger partial charge in [-0.3, -0.25) is 19.7 Å². The lowest BCUT2D eigenvalue weighted by Crippen LogP contribution is -2.53. The fourth-order valence-electron chi connectivity index (χ4n) is 1.80. The highest BCUT2D eigenvalue weighted by Crippen LogP contribution is 2.27. The standard InChI is InChI=1S/C13H12BrClN2O4/c14-7-1-3-10(8(15)5-7)21-6-12(19)16-9-2-4-11(18)17-13(9)20/h1,3,5,9H,2,4,6H2,(H,16,19)(H,17,18,20). The predicted molar refractivity (Wildman–Crippen MR) is 79.0 cm³/mol. The van der Waals surface area contributed by atoms with Gasteiger partial charge in [-0.15, -0.1) is 0 Å². The van der Waals surface area contributed by atoms with Crippen LogP contribution in [0, 0.1) is 0 Å². The summed E-state index contributed by atoms with van der Waals surface area (Å²) < 4.78 is 6.09. The van der Waals surface area contributed by atoms with Crippen LogP contribution in [0.5, 0.6) is 5.75 Å². The van der Waals surface area contributed by atoms with Crippen molar-refractivity contribution < 1.29 is 19.1 Å². The summed E-state index contributed by atoms with van der Waals surface area (Å²) >= 11 is 9.22. The number of hydrogen-bond acceptors (Lipinski definition) is 4. The molecule has 0 bridgehead atoms. The summed E-state index contributed by atoms with van der Waals surface area (Å²) in [5.41, 5.74) is 0. The van der Waals surface area contributed by atoms with E-state index in [0.717, 1.165) is 4.47 Å². The SMILES string of the molecule is O=C1CCC(NC(=O)COc2ccc(Br)cc2Cl)C(=O)N1. The summed E-state index contributed by atoms with van der Waals surface area (Å²) in [6.45, 7) is -0.265. The van der Waals surface area contributed by atoms with Gasteiger partial charge < -0.3 is 10.1 Å². The molecule has 6 nitrogen and oxygen atoms in total. The summed E-state index contributed by atoms with van der Waals surface area (Å²) in [4.78, 5) is 34.2. The van der Waals surface area contributed by atoms with E-state index in [0.29, 0.717) is 10.8 Å². The molecule has 0 spiro atoms. The minimum absolute atomic E-state index is 0.204. The van der Waals surface area contributed by atoms with E-state index >= 15 is 0 Å². The average molecular weight is 376 g/mol. The zero-order valence-electron chi connectivity index (χ0n) is 10.8. The van der Waals surface area contributed by atoms with E-state index in [9.17, 15) is 14.4 Å². The number of amides is 3. The number of rotatable bonds is 4. The fourth-order valence-corrected chi connectivity index (χ4v) is 2.53. The Bertz CT molecular complexity index is 594. The smallest absolute Gasteiger partial charge is 0.258 e. The van der Waals surface area contributed by atoms with E-state index in [1.807, 2.05) is 0 Å². The van der Waals surface area contributed by atoms with Crippen LogP contribution in [0.15, 0.2) is 22.7 Å². The summed E-state index contributed by atoms with van der Waals surface area (Å²) in [6.07, 6.45) is 0.492. The van der Waals surface area contributed by atoms with Crippen LogP contribution in [-0.4, -0.2) is 30.4 Å². The van der Waals surface area contributed by atoms with Gasteiger partial charge >= 0.3 is 0 Å². The third-order valence-electron chi connectivity index (χ3n) is 2.83. The Kier molecular flexibility index (Phi) is 5.19. The van der Waals surface area contributed by atoms with Gasteiger partial charge in [0.25, 0.3) is 5.91 Å². The normalized spacial score (nSPS) is 18.1. The van der Waals surface area contributed by atoms with Gasteiger partial charge in [-0.05, 0) is 24.6 Å². The Morgan fingerprint density at radius 2 is 2.24 bits per heavy atom. The number of benzene rings is 1. The van der Waals surface area contributed by atoms with Gasteiger partial charge in [0.15, 0.2) is 6.61 Å². The molecule has 1 aromatic carbocycles. The summed E-state index contributed by atoms with van der Waals surface area (Å²) in [5, 5.41) is 5.05. The van der Waals surface area contributed by atoms with Crippen molar-refractivity contribution in [1.82, 2.24) is 10.6 Å². The number of nitrogens with one attached hydrogen (secondary N) is 2. The lowest BCUT2D eigenvalue weighted by Gasteiger charge is -2.21. The Balaban J connectivity index is 1.85. The highest BCUT2D eigenvalue weighted by molar-refractivity contribution is 9.10. The van der Waals surface area contributed by atoms with Crippen LogP contribution < -0.4 is 15.4 Å². The second kappa shape index (κ2) is 6.91. The molecule has 21 heavy (non-hydrogen) atoms. The first-order valence-corrected chi connectivity index (χ1v) is 7.33. The van der Waals surface area contributed by atoms with E-state index in [-0.39, 0.29) is 25.4 Å². The van der Waals surface area contributed by atoms with Crippen LogP contribution in [0.1, 0.15) is 12.8 Å². The molecule has 1 aromatic rings. The molecule has 1 unspecified atom stereocenters. The zero-order valence-corrected chi connectivity index (χ0v) is 13.2. The van der Waals surface area contributed by atoms with Gasteiger partial charge in [-0.1, -0.05) is 27.5 Å². The maximum atomic E-state index is 11.7. The molecule has 1 atom stereocenters. The maximum absolute atomic E-state index is 11.7. The number of halogens is 2. The molecule has 1 saturated heterocycles. The van der Waals surface area contributed by atoms with Crippen molar-refractivity contribution in [2.45, 2.75) is 18.9 Å². The van der Waals surface area contributed by atoms with Crippen molar-refractivity contribution in [3.05, 3.63) is 27.7 Å². The maximum Gasteiger partial charge on any atom is 0.258 e. The molecule has 1 aliphatic heterocycles. The second-order valence-electron chi connectivity index (χ2n) is 4.43. The minimum atomic E-state index is -0.709. The number of hydrogen-bond donors (Lipinski definition) is 2. The van der Waals surface area contributed by atoms with Gasteiger partial charge in [0.05, 0.1) is 5.02 Å². The molecule has 0 radical (unpaired) electrons. The third-order valence-corrected chi connectivity index (χ3v) is 3.62. The predicted octanol–water partition coefficient (Wildman–Crippen LogP) is 1.40. The van der Waals surface area contributed by atoms with Crippen LogP contribution in [-0.2, 0) is 14.4 Å². The first-order chi connectivity index (χ1) is 9.95. The van der Waals surface area contributed by atoms with Gasteiger partial charge in [-0.2, -0.15) is 0 Å². The Labute approximate surface area is 134 Å². The Morgan fingerprint density at radius 3 is 2.90 bits per heavy atom. The molecule has 2 rings (SSSR count). The molecule has 0 saturated carbocycles. The van der Waals surface area contributed by atoms with E-state index in [2.05, 4.69) is 26.6 Å². The van der Waals surface area contributed by atoms with Crippen molar-refractivity contribution in [3.63, 3.8) is 0 Å². The van der Waals surface area contributed by atoms with Crippen molar-refractivity contribution >= 4 is 45.3 Å². The summed E-state index contributed by atoms with van der Waals surface area (Å²) in [7, 11) is 0. The molecule has 1 aliphatic rings. The summed E-state index contributed by atoms with van der Waals surface area (Å²) in [6, 6.07) is 4.30. The Hall–Kier alpha value is -1.60. The minimum Gasteiger partial charge on any atom is -0.482 e. The van der Waals surface area contributed by atoms with Crippen molar-refractivity contribution in [2.75, 3.05) is 6.61 Å². The Morgan fingerprint density at radius 1 is 1.48 bits per heavy atom. The van der Waals surface area contributed by atoms with Gasteiger partial charge in [0.2, 0.25) is 11.8 Å². The molecule has 2 N–H and O–H groups in total.